The molecule has 1 heterocycles. The Labute approximate surface area is 161 Å². The molecule has 29 heavy (non-hydrogen) atoms. The zero-order chi connectivity index (χ0) is 21.2. The number of nitrogens with one attached hydrogen (secondary N) is 1. The van der Waals surface area contributed by atoms with Gasteiger partial charge in [0, 0.05) is 5.69 Å². The molecule has 3 rings (SSSR count). The summed E-state index contributed by atoms with van der Waals surface area (Å²) in [6.07, 6.45) is -4.93. The smallest absolute Gasteiger partial charge is 0.419 e. The molecule has 3 aromatic rings. The molecule has 0 spiro atoms. The van der Waals surface area contributed by atoms with Crippen LogP contribution in [0.5, 0.6) is 5.75 Å². The number of rotatable bonds is 4. The van der Waals surface area contributed by atoms with Crippen molar-refractivity contribution in [1.29, 1.82) is 0 Å². The summed E-state index contributed by atoms with van der Waals surface area (Å²) in [6.45, 7) is 0. The summed E-state index contributed by atoms with van der Waals surface area (Å²) >= 11 is 0. The largest absolute Gasteiger partial charge is 0.494 e. The van der Waals surface area contributed by atoms with E-state index in [9.17, 15) is 27.2 Å². The van der Waals surface area contributed by atoms with Crippen molar-refractivity contribution in [3.63, 3.8) is 0 Å². The van der Waals surface area contributed by atoms with E-state index in [0.717, 1.165) is 16.8 Å². The summed E-state index contributed by atoms with van der Waals surface area (Å²) in [5.41, 5.74) is -2.37. The topological polar surface area (TPSA) is 73.2 Å². The van der Waals surface area contributed by atoms with E-state index in [4.69, 9.17) is 4.74 Å². The Kier molecular flexibility index (Phi) is 5.35. The van der Waals surface area contributed by atoms with E-state index < -0.39 is 29.0 Å². The van der Waals surface area contributed by atoms with Crippen LogP contribution in [0.25, 0.3) is 5.69 Å². The number of nitrogens with zero attached hydrogens (tertiary/aromatic N) is 2. The molecule has 0 saturated carbocycles. The SMILES string of the molecule is COc1cc(=O)n(-c2ccccc2)nc1C(=O)Nc1ccc(F)c(C(F)(F)F)c1. The average molecular weight is 407 g/mol. The van der Waals surface area contributed by atoms with Crippen molar-refractivity contribution >= 4 is 11.6 Å². The van der Waals surface area contributed by atoms with Crippen LogP contribution in [-0.4, -0.2) is 22.8 Å². The second-order valence-corrected chi connectivity index (χ2v) is 5.79. The lowest BCUT2D eigenvalue weighted by Crippen LogP contribution is -2.26. The van der Waals surface area contributed by atoms with E-state index in [1.165, 1.54) is 7.11 Å². The van der Waals surface area contributed by atoms with Gasteiger partial charge in [-0.2, -0.15) is 23.0 Å². The molecule has 150 valence electrons. The molecule has 1 aromatic heterocycles. The zero-order valence-corrected chi connectivity index (χ0v) is 14.8. The summed E-state index contributed by atoms with van der Waals surface area (Å²) in [7, 11) is 1.21. The van der Waals surface area contributed by atoms with Crippen LogP contribution in [-0.2, 0) is 6.18 Å². The third-order valence-electron chi connectivity index (χ3n) is 3.86. The lowest BCUT2D eigenvalue weighted by molar-refractivity contribution is -0.139. The highest BCUT2D eigenvalue weighted by molar-refractivity contribution is 6.04. The number of methoxy groups -OCH3 is 1. The number of alkyl halides is 3. The second-order valence-electron chi connectivity index (χ2n) is 5.79. The summed E-state index contributed by atoms with van der Waals surface area (Å²) in [5.74, 6) is -2.58. The molecule has 0 fully saturated rings. The van der Waals surface area contributed by atoms with Gasteiger partial charge in [-0.1, -0.05) is 18.2 Å². The standard InChI is InChI=1S/C19H13F4N3O3/c1-29-15-10-16(27)26(12-5-3-2-4-6-12)25-17(15)18(28)24-11-7-8-14(20)13(9-11)19(21,22)23/h2-10H,1H3,(H,24,28). The Morgan fingerprint density at radius 2 is 1.79 bits per heavy atom. The molecule has 0 aliphatic rings. The molecule has 0 aliphatic heterocycles. The van der Waals surface area contributed by atoms with E-state index in [1.807, 2.05) is 0 Å². The molecule has 1 amide bonds. The van der Waals surface area contributed by atoms with Gasteiger partial charge in [-0.25, -0.2) is 4.39 Å². The van der Waals surface area contributed by atoms with E-state index in [2.05, 4.69) is 10.4 Å². The molecule has 0 saturated heterocycles. The Morgan fingerprint density at radius 3 is 2.41 bits per heavy atom. The third-order valence-corrected chi connectivity index (χ3v) is 3.86. The molecule has 10 heteroatoms. The van der Waals surface area contributed by atoms with Crippen LogP contribution in [0.4, 0.5) is 23.2 Å². The maximum absolute atomic E-state index is 13.4. The first-order valence-corrected chi connectivity index (χ1v) is 8.12. The molecular formula is C19H13F4N3O3. The van der Waals surface area contributed by atoms with Crippen molar-refractivity contribution in [2.75, 3.05) is 12.4 Å². The molecule has 6 nitrogen and oxygen atoms in total. The minimum Gasteiger partial charge on any atom is -0.494 e. The van der Waals surface area contributed by atoms with Gasteiger partial charge in [0.25, 0.3) is 11.5 Å². The van der Waals surface area contributed by atoms with Gasteiger partial charge >= 0.3 is 6.18 Å². The maximum Gasteiger partial charge on any atom is 0.419 e. The van der Waals surface area contributed by atoms with Gasteiger partial charge in [-0.05, 0) is 30.3 Å². The van der Waals surface area contributed by atoms with Crippen molar-refractivity contribution in [3.05, 3.63) is 82.0 Å². The van der Waals surface area contributed by atoms with Crippen LogP contribution in [0, 0.1) is 5.82 Å². The highest BCUT2D eigenvalue weighted by atomic mass is 19.4. The molecule has 0 aliphatic carbocycles. The van der Waals surface area contributed by atoms with E-state index in [-0.39, 0.29) is 17.1 Å². The van der Waals surface area contributed by atoms with Crippen molar-refractivity contribution in [2.45, 2.75) is 6.18 Å². The van der Waals surface area contributed by atoms with Gasteiger partial charge in [0.1, 0.15) is 5.82 Å². The maximum atomic E-state index is 13.4. The highest BCUT2D eigenvalue weighted by Crippen LogP contribution is 2.33. The number of hydrogen-bond donors (Lipinski definition) is 1. The number of halogens is 4. The Balaban J connectivity index is 2.00. The molecule has 2 aromatic carbocycles. The molecular weight excluding hydrogens is 394 g/mol. The van der Waals surface area contributed by atoms with Crippen LogP contribution in [0.15, 0.2) is 59.4 Å². The van der Waals surface area contributed by atoms with Gasteiger partial charge in [0.15, 0.2) is 11.4 Å². The number of hydrogen-bond acceptors (Lipinski definition) is 4. The minimum absolute atomic E-state index is 0.169. The number of carbonyl (C=O) groups excluding carboxylic acids is 1. The first kappa shape index (κ1) is 20.1. The van der Waals surface area contributed by atoms with Crippen LogP contribution < -0.4 is 15.6 Å². The van der Waals surface area contributed by atoms with Gasteiger partial charge in [0.05, 0.1) is 24.4 Å². The minimum atomic E-state index is -4.93. The third kappa shape index (κ3) is 4.26. The van der Waals surface area contributed by atoms with Gasteiger partial charge in [-0.3, -0.25) is 9.59 Å². The summed E-state index contributed by atoms with van der Waals surface area (Å²) in [6, 6.07) is 11.3. The first-order valence-electron chi connectivity index (χ1n) is 8.12. The fourth-order valence-electron chi connectivity index (χ4n) is 2.52. The van der Waals surface area contributed by atoms with Crippen molar-refractivity contribution < 1.29 is 27.1 Å². The fraction of sp³-hybridized carbons (Fsp3) is 0.105. The van der Waals surface area contributed by atoms with Crippen LogP contribution >= 0.6 is 0 Å². The number of carbonyl (C=O) groups is 1. The molecule has 0 radical (unpaired) electrons. The van der Waals surface area contributed by atoms with E-state index in [0.29, 0.717) is 17.8 Å². The van der Waals surface area contributed by atoms with E-state index >= 15 is 0 Å². The summed E-state index contributed by atoms with van der Waals surface area (Å²) < 4.78 is 58.0. The van der Waals surface area contributed by atoms with Gasteiger partial charge < -0.3 is 10.1 Å². The number of benzene rings is 2. The van der Waals surface area contributed by atoms with Crippen molar-refractivity contribution in [3.8, 4) is 11.4 Å². The quantitative estimate of drug-likeness (QED) is 0.670. The number of aromatic nitrogens is 2. The van der Waals surface area contributed by atoms with Gasteiger partial charge in [0.2, 0.25) is 0 Å². The van der Waals surface area contributed by atoms with E-state index in [1.54, 1.807) is 30.3 Å². The number of ether oxygens (including phenoxy) is 1. The number of para-hydroxylation sites is 1. The second kappa shape index (κ2) is 7.74. The fourth-order valence-corrected chi connectivity index (χ4v) is 2.52. The van der Waals surface area contributed by atoms with Crippen LogP contribution in [0.1, 0.15) is 16.1 Å². The molecule has 0 unspecified atom stereocenters. The molecule has 0 atom stereocenters. The zero-order valence-electron chi connectivity index (χ0n) is 14.8. The lowest BCUT2D eigenvalue weighted by atomic mass is 10.1. The van der Waals surface area contributed by atoms with Crippen molar-refractivity contribution in [2.24, 2.45) is 0 Å². The van der Waals surface area contributed by atoms with Crippen LogP contribution in [0.2, 0.25) is 0 Å². The normalized spacial score (nSPS) is 11.2. The number of anilines is 1. The molecule has 1 N–H and O–H groups in total. The lowest BCUT2D eigenvalue weighted by Gasteiger charge is -2.13. The number of amides is 1. The Bertz CT molecular complexity index is 1110. The Morgan fingerprint density at radius 1 is 1.10 bits per heavy atom. The summed E-state index contributed by atoms with van der Waals surface area (Å²) in [5, 5.41) is 6.18. The van der Waals surface area contributed by atoms with Crippen LogP contribution in [0.3, 0.4) is 0 Å². The predicted molar refractivity (Wildman–Crippen MR) is 95.7 cm³/mol. The predicted octanol–water partition coefficient (Wildman–Crippen LogP) is 3.65. The van der Waals surface area contributed by atoms with Crippen molar-refractivity contribution in [1.82, 2.24) is 9.78 Å². The van der Waals surface area contributed by atoms with Gasteiger partial charge in [-0.15, -0.1) is 0 Å². The highest BCUT2D eigenvalue weighted by Gasteiger charge is 2.34. The monoisotopic (exact) mass is 407 g/mol. The summed E-state index contributed by atoms with van der Waals surface area (Å²) in [4.78, 5) is 24.8. The molecule has 0 bridgehead atoms. The average Bonchev–Trinajstić information content (AvgIpc) is 2.68. The first-order chi connectivity index (χ1) is 13.7. The Hall–Kier alpha value is -3.69.